The number of nitrogens with one attached hydrogen (secondary N) is 2. The molecule has 0 unspecified atom stereocenters. The van der Waals surface area contributed by atoms with Crippen LogP contribution in [0.3, 0.4) is 0 Å². The zero-order valence-corrected chi connectivity index (χ0v) is 15.4. The van der Waals surface area contributed by atoms with Gasteiger partial charge in [0, 0.05) is 23.5 Å². The third kappa shape index (κ3) is 4.79. The molecule has 0 aliphatic heterocycles. The Bertz CT molecular complexity index is 910. The molecule has 0 heterocycles. The Morgan fingerprint density at radius 3 is 2.30 bits per heavy atom. The Morgan fingerprint density at radius 1 is 0.815 bits per heavy atom. The van der Waals surface area contributed by atoms with Crippen LogP contribution >= 0.6 is 0 Å². The van der Waals surface area contributed by atoms with Crippen molar-refractivity contribution in [1.82, 2.24) is 0 Å². The number of hydrogen-bond donors (Lipinski definition) is 2. The van der Waals surface area contributed by atoms with Crippen LogP contribution in [0.5, 0.6) is 11.5 Å². The van der Waals surface area contributed by atoms with Gasteiger partial charge in [0.2, 0.25) is 0 Å². The molecule has 27 heavy (non-hydrogen) atoms. The van der Waals surface area contributed by atoms with Gasteiger partial charge in [-0.3, -0.25) is 4.79 Å². The fourth-order valence-corrected chi connectivity index (χ4v) is 2.69. The highest BCUT2D eigenvalue weighted by Crippen LogP contribution is 2.28. The van der Waals surface area contributed by atoms with E-state index >= 15 is 0 Å². The second kappa shape index (κ2) is 8.76. The van der Waals surface area contributed by atoms with Gasteiger partial charge in [0.05, 0.1) is 14.2 Å². The van der Waals surface area contributed by atoms with Crippen molar-refractivity contribution in [2.45, 2.75) is 6.54 Å². The zero-order chi connectivity index (χ0) is 19.1. The average molecular weight is 362 g/mol. The van der Waals surface area contributed by atoms with Crippen LogP contribution in [0.25, 0.3) is 0 Å². The molecule has 2 N–H and O–H groups in total. The van der Waals surface area contributed by atoms with Gasteiger partial charge in [-0.25, -0.2) is 0 Å². The van der Waals surface area contributed by atoms with E-state index in [1.165, 1.54) is 0 Å². The van der Waals surface area contributed by atoms with E-state index in [-0.39, 0.29) is 5.91 Å². The van der Waals surface area contributed by atoms with Crippen molar-refractivity contribution in [3.63, 3.8) is 0 Å². The van der Waals surface area contributed by atoms with Crippen LogP contribution in [0.15, 0.2) is 72.8 Å². The predicted octanol–water partition coefficient (Wildman–Crippen LogP) is 4.57. The quantitative estimate of drug-likeness (QED) is 0.646. The monoisotopic (exact) mass is 362 g/mol. The topological polar surface area (TPSA) is 59.6 Å². The molecular formula is C22H22N2O3. The lowest BCUT2D eigenvalue weighted by Gasteiger charge is -2.12. The summed E-state index contributed by atoms with van der Waals surface area (Å²) in [5.41, 5.74) is 3.34. The lowest BCUT2D eigenvalue weighted by atomic mass is 10.2. The second-order valence-corrected chi connectivity index (χ2v) is 5.94. The molecule has 0 saturated heterocycles. The minimum absolute atomic E-state index is 0.132. The molecular weight excluding hydrogens is 340 g/mol. The summed E-state index contributed by atoms with van der Waals surface area (Å²) in [5, 5.41) is 6.27. The number of carbonyl (C=O) groups excluding carboxylic acids is 1. The summed E-state index contributed by atoms with van der Waals surface area (Å²) in [6.07, 6.45) is 0. The van der Waals surface area contributed by atoms with Crippen LogP contribution in [0, 0.1) is 0 Å². The summed E-state index contributed by atoms with van der Waals surface area (Å²) in [4.78, 5) is 12.3. The normalized spacial score (nSPS) is 10.1. The summed E-state index contributed by atoms with van der Waals surface area (Å²) >= 11 is 0. The first-order valence-electron chi connectivity index (χ1n) is 8.61. The van der Waals surface area contributed by atoms with Gasteiger partial charge < -0.3 is 20.1 Å². The Hall–Kier alpha value is -3.47. The minimum atomic E-state index is -0.132. The van der Waals surface area contributed by atoms with Gasteiger partial charge in [-0.15, -0.1) is 0 Å². The number of benzene rings is 3. The summed E-state index contributed by atoms with van der Waals surface area (Å²) in [7, 11) is 3.24. The zero-order valence-electron chi connectivity index (χ0n) is 15.4. The maximum atomic E-state index is 12.3. The highest BCUT2D eigenvalue weighted by atomic mass is 16.5. The number of ether oxygens (including phenoxy) is 2. The summed E-state index contributed by atoms with van der Waals surface area (Å²) in [6.45, 7) is 0.621. The SMILES string of the molecule is COc1ccc(CNc2cccc(NC(=O)c3ccccc3)c2)cc1OC. The van der Waals surface area contributed by atoms with Crippen LogP contribution in [0.4, 0.5) is 11.4 Å². The number of rotatable bonds is 7. The highest BCUT2D eigenvalue weighted by Gasteiger charge is 2.07. The van der Waals surface area contributed by atoms with Crippen LogP contribution in [-0.4, -0.2) is 20.1 Å². The van der Waals surface area contributed by atoms with Crippen molar-refractivity contribution in [2.24, 2.45) is 0 Å². The second-order valence-electron chi connectivity index (χ2n) is 5.94. The van der Waals surface area contributed by atoms with Crippen molar-refractivity contribution in [1.29, 1.82) is 0 Å². The van der Waals surface area contributed by atoms with Gasteiger partial charge in [-0.1, -0.05) is 30.3 Å². The van der Waals surface area contributed by atoms with Crippen molar-refractivity contribution < 1.29 is 14.3 Å². The largest absolute Gasteiger partial charge is 0.493 e. The van der Waals surface area contributed by atoms with Crippen molar-refractivity contribution in [2.75, 3.05) is 24.9 Å². The predicted molar refractivity (Wildman–Crippen MR) is 108 cm³/mol. The van der Waals surface area contributed by atoms with E-state index in [1.807, 2.05) is 60.7 Å². The maximum absolute atomic E-state index is 12.3. The van der Waals surface area contributed by atoms with E-state index in [9.17, 15) is 4.79 Å². The standard InChI is InChI=1S/C22H22N2O3/c1-26-20-12-11-16(13-21(20)27-2)15-23-18-9-6-10-19(14-18)24-22(25)17-7-4-3-5-8-17/h3-14,23H,15H2,1-2H3,(H,24,25). The van der Waals surface area contributed by atoms with E-state index in [2.05, 4.69) is 10.6 Å². The van der Waals surface area contributed by atoms with Gasteiger partial charge in [-0.2, -0.15) is 0 Å². The Morgan fingerprint density at radius 2 is 1.56 bits per heavy atom. The first-order chi connectivity index (χ1) is 13.2. The molecule has 0 spiro atoms. The molecule has 3 aromatic rings. The minimum Gasteiger partial charge on any atom is -0.493 e. The Kier molecular flexibility index (Phi) is 5.94. The van der Waals surface area contributed by atoms with Gasteiger partial charge in [-0.05, 0) is 48.0 Å². The fourth-order valence-electron chi connectivity index (χ4n) is 2.69. The molecule has 0 aliphatic carbocycles. The van der Waals surface area contributed by atoms with Gasteiger partial charge in [0.25, 0.3) is 5.91 Å². The van der Waals surface area contributed by atoms with E-state index in [0.717, 1.165) is 16.9 Å². The summed E-state index contributed by atoms with van der Waals surface area (Å²) in [5.74, 6) is 1.26. The molecule has 0 fully saturated rings. The molecule has 0 radical (unpaired) electrons. The number of anilines is 2. The lowest BCUT2D eigenvalue weighted by Crippen LogP contribution is -2.11. The fraction of sp³-hybridized carbons (Fsp3) is 0.136. The maximum Gasteiger partial charge on any atom is 0.255 e. The molecule has 0 aliphatic rings. The molecule has 3 aromatic carbocycles. The van der Waals surface area contributed by atoms with E-state index < -0.39 is 0 Å². The first kappa shape index (κ1) is 18.3. The number of carbonyl (C=O) groups is 1. The van der Waals surface area contributed by atoms with Crippen LogP contribution in [-0.2, 0) is 6.54 Å². The Balaban J connectivity index is 1.65. The molecule has 0 atom stereocenters. The molecule has 3 rings (SSSR count). The van der Waals surface area contributed by atoms with E-state index in [4.69, 9.17) is 9.47 Å². The van der Waals surface area contributed by atoms with Crippen molar-refractivity contribution in [3.8, 4) is 11.5 Å². The van der Waals surface area contributed by atoms with E-state index in [1.54, 1.807) is 26.4 Å². The Labute approximate surface area is 158 Å². The van der Waals surface area contributed by atoms with E-state index in [0.29, 0.717) is 23.6 Å². The average Bonchev–Trinajstić information content (AvgIpc) is 2.73. The number of hydrogen-bond acceptors (Lipinski definition) is 4. The van der Waals surface area contributed by atoms with Crippen molar-refractivity contribution >= 4 is 17.3 Å². The van der Waals surface area contributed by atoms with Crippen LogP contribution in [0.1, 0.15) is 15.9 Å². The van der Waals surface area contributed by atoms with Crippen LogP contribution < -0.4 is 20.1 Å². The highest BCUT2D eigenvalue weighted by molar-refractivity contribution is 6.04. The van der Waals surface area contributed by atoms with Gasteiger partial charge in [0.15, 0.2) is 11.5 Å². The molecule has 0 aromatic heterocycles. The molecule has 5 nitrogen and oxygen atoms in total. The van der Waals surface area contributed by atoms with Crippen molar-refractivity contribution in [3.05, 3.63) is 83.9 Å². The van der Waals surface area contributed by atoms with Gasteiger partial charge in [0.1, 0.15) is 0 Å². The first-order valence-corrected chi connectivity index (χ1v) is 8.61. The van der Waals surface area contributed by atoms with Gasteiger partial charge >= 0.3 is 0 Å². The third-order valence-electron chi connectivity index (χ3n) is 4.10. The lowest BCUT2D eigenvalue weighted by molar-refractivity contribution is 0.102. The molecule has 0 bridgehead atoms. The summed E-state index contributed by atoms with van der Waals surface area (Å²) in [6, 6.07) is 22.6. The molecule has 0 saturated carbocycles. The molecule has 1 amide bonds. The number of amides is 1. The molecule has 5 heteroatoms. The van der Waals surface area contributed by atoms with Crippen LogP contribution in [0.2, 0.25) is 0 Å². The molecule has 138 valence electrons. The number of methoxy groups -OCH3 is 2. The third-order valence-corrected chi connectivity index (χ3v) is 4.10. The smallest absolute Gasteiger partial charge is 0.255 e. The summed E-state index contributed by atoms with van der Waals surface area (Å²) < 4.78 is 10.6.